The van der Waals surface area contributed by atoms with Gasteiger partial charge < -0.3 is 10.5 Å². The first-order valence-corrected chi connectivity index (χ1v) is 5.81. The van der Waals surface area contributed by atoms with Crippen LogP contribution in [0, 0.1) is 5.82 Å². The van der Waals surface area contributed by atoms with Crippen molar-refractivity contribution >= 4 is 0 Å². The topological polar surface area (TPSA) is 35.2 Å². The van der Waals surface area contributed by atoms with Gasteiger partial charge in [0.15, 0.2) is 0 Å². The maximum absolute atomic E-state index is 13.1. The van der Waals surface area contributed by atoms with Crippen molar-refractivity contribution in [3.63, 3.8) is 0 Å². The van der Waals surface area contributed by atoms with E-state index >= 15 is 0 Å². The van der Waals surface area contributed by atoms with Crippen molar-refractivity contribution in [2.75, 3.05) is 6.61 Å². The van der Waals surface area contributed by atoms with Crippen LogP contribution in [-0.2, 0) is 4.74 Å². The van der Waals surface area contributed by atoms with Crippen molar-refractivity contribution in [1.82, 2.24) is 0 Å². The van der Waals surface area contributed by atoms with Crippen LogP contribution in [0.5, 0.6) is 0 Å². The van der Waals surface area contributed by atoms with Crippen molar-refractivity contribution in [1.29, 1.82) is 0 Å². The summed E-state index contributed by atoms with van der Waals surface area (Å²) in [4.78, 5) is 0. The van der Waals surface area contributed by atoms with Crippen molar-refractivity contribution in [2.45, 2.75) is 38.8 Å². The minimum atomic E-state index is -0.254. The van der Waals surface area contributed by atoms with Gasteiger partial charge >= 0.3 is 0 Å². The van der Waals surface area contributed by atoms with Gasteiger partial charge in [-0.15, -0.1) is 0 Å². The van der Waals surface area contributed by atoms with Crippen LogP contribution in [0.25, 0.3) is 0 Å². The Hall–Kier alpha value is -0.930. The summed E-state index contributed by atoms with van der Waals surface area (Å²) < 4.78 is 18.7. The Kier molecular flexibility index (Phi) is 5.43. The van der Waals surface area contributed by atoms with E-state index in [0.717, 1.165) is 18.4 Å². The summed E-state index contributed by atoms with van der Waals surface area (Å²) >= 11 is 0. The molecular weight excluding hydrogens is 205 g/mol. The Labute approximate surface area is 96.6 Å². The molecule has 1 aromatic carbocycles. The van der Waals surface area contributed by atoms with Crippen LogP contribution in [0.3, 0.4) is 0 Å². The fourth-order valence-electron chi connectivity index (χ4n) is 1.79. The highest BCUT2D eigenvalue weighted by Crippen LogP contribution is 2.21. The molecule has 2 nitrogen and oxygen atoms in total. The summed E-state index contributed by atoms with van der Waals surface area (Å²) in [6, 6.07) is 6.17. The maximum atomic E-state index is 13.1. The van der Waals surface area contributed by atoms with Gasteiger partial charge in [0.05, 0.1) is 12.1 Å². The molecule has 0 fully saturated rings. The molecule has 2 N–H and O–H groups in total. The third kappa shape index (κ3) is 3.58. The molecule has 3 heteroatoms. The zero-order valence-electron chi connectivity index (χ0n) is 9.95. The third-order valence-electron chi connectivity index (χ3n) is 2.59. The molecule has 0 heterocycles. The molecule has 0 amide bonds. The Morgan fingerprint density at radius 2 is 2.12 bits per heavy atom. The predicted octanol–water partition coefficient (Wildman–Crippen LogP) is 3.03. The van der Waals surface area contributed by atoms with Gasteiger partial charge in [0.25, 0.3) is 0 Å². The number of ether oxygens (including phenoxy) is 1. The second kappa shape index (κ2) is 6.61. The molecule has 0 aliphatic rings. The van der Waals surface area contributed by atoms with E-state index in [9.17, 15) is 4.39 Å². The molecule has 0 spiro atoms. The average Bonchev–Trinajstić information content (AvgIpc) is 2.28. The molecule has 2 unspecified atom stereocenters. The first kappa shape index (κ1) is 13.1. The summed E-state index contributed by atoms with van der Waals surface area (Å²) in [7, 11) is 0. The van der Waals surface area contributed by atoms with E-state index in [4.69, 9.17) is 10.5 Å². The Morgan fingerprint density at radius 1 is 1.38 bits per heavy atom. The standard InChI is InChI=1S/C13H20FNO/c1-3-6-12(16-4-2)13(15)10-7-5-8-11(14)9-10/h5,7-9,12-13H,3-4,6,15H2,1-2H3. The number of halogens is 1. The van der Waals surface area contributed by atoms with Crippen molar-refractivity contribution in [3.05, 3.63) is 35.6 Å². The monoisotopic (exact) mass is 225 g/mol. The van der Waals surface area contributed by atoms with Crippen LogP contribution in [0.1, 0.15) is 38.3 Å². The zero-order chi connectivity index (χ0) is 12.0. The molecule has 0 aliphatic heterocycles. The second-order valence-electron chi connectivity index (χ2n) is 3.86. The van der Waals surface area contributed by atoms with Gasteiger partial charge in [0.2, 0.25) is 0 Å². The van der Waals surface area contributed by atoms with Gasteiger partial charge in [-0.1, -0.05) is 25.5 Å². The lowest BCUT2D eigenvalue weighted by molar-refractivity contribution is 0.0374. The number of hydrogen-bond acceptors (Lipinski definition) is 2. The summed E-state index contributed by atoms with van der Waals surface area (Å²) in [5.41, 5.74) is 6.89. The number of hydrogen-bond donors (Lipinski definition) is 1. The van der Waals surface area contributed by atoms with Crippen LogP contribution in [0.2, 0.25) is 0 Å². The average molecular weight is 225 g/mol. The highest BCUT2D eigenvalue weighted by atomic mass is 19.1. The predicted molar refractivity (Wildman–Crippen MR) is 63.7 cm³/mol. The number of benzene rings is 1. The molecule has 0 aliphatic carbocycles. The van der Waals surface area contributed by atoms with Gasteiger partial charge in [0.1, 0.15) is 5.82 Å². The second-order valence-corrected chi connectivity index (χ2v) is 3.86. The molecule has 0 aromatic heterocycles. The Bertz CT molecular complexity index is 311. The highest BCUT2D eigenvalue weighted by molar-refractivity contribution is 5.20. The molecule has 0 saturated carbocycles. The van der Waals surface area contributed by atoms with Gasteiger partial charge in [-0.2, -0.15) is 0 Å². The van der Waals surface area contributed by atoms with Crippen molar-refractivity contribution < 1.29 is 9.13 Å². The molecule has 1 rings (SSSR count). The largest absolute Gasteiger partial charge is 0.377 e. The van der Waals surface area contributed by atoms with Crippen LogP contribution in [0.15, 0.2) is 24.3 Å². The molecule has 0 bridgehead atoms. The van der Waals surface area contributed by atoms with Crippen LogP contribution in [-0.4, -0.2) is 12.7 Å². The van der Waals surface area contributed by atoms with Crippen molar-refractivity contribution in [3.8, 4) is 0 Å². The Morgan fingerprint density at radius 3 is 2.69 bits per heavy atom. The fourth-order valence-corrected chi connectivity index (χ4v) is 1.79. The minimum absolute atomic E-state index is 0.0307. The van der Waals surface area contributed by atoms with Gasteiger partial charge in [0, 0.05) is 6.61 Å². The van der Waals surface area contributed by atoms with Crippen LogP contribution < -0.4 is 5.73 Å². The van der Waals surface area contributed by atoms with E-state index in [1.54, 1.807) is 6.07 Å². The number of nitrogens with two attached hydrogens (primary N) is 1. The Balaban J connectivity index is 2.76. The lowest BCUT2D eigenvalue weighted by Crippen LogP contribution is -2.29. The smallest absolute Gasteiger partial charge is 0.123 e. The summed E-state index contributed by atoms with van der Waals surface area (Å²) in [6.45, 7) is 4.67. The van der Waals surface area contributed by atoms with Gasteiger partial charge in [-0.3, -0.25) is 0 Å². The molecule has 90 valence electrons. The summed E-state index contributed by atoms with van der Waals surface area (Å²) in [6.07, 6.45) is 1.87. The molecule has 16 heavy (non-hydrogen) atoms. The molecule has 1 aromatic rings. The SMILES string of the molecule is CCCC(OCC)C(N)c1cccc(F)c1. The molecule has 2 atom stereocenters. The van der Waals surface area contributed by atoms with Gasteiger partial charge in [-0.05, 0) is 31.0 Å². The van der Waals surface area contributed by atoms with Crippen molar-refractivity contribution in [2.24, 2.45) is 5.73 Å². The molecule has 0 saturated heterocycles. The van der Waals surface area contributed by atoms with E-state index < -0.39 is 0 Å². The molecular formula is C13H20FNO. The molecule has 0 radical (unpaired) electrons. The van der Waals surface area contributed by atoms with E-state index in [1.807, 2.05) is 13.0 Å². The third-order valence-corrected chi connectivity index (χ3v) is 2.59. The zero-order valence-corrected chi connectivity index (χ0v) is 9.95. The van der Waals surface area contributed by atoms with E-state index in [1.165, 1.54) is 12.1 Å². The van der Waals surface area contributed by atoms with Crippen LogP contribution in [0.4, 0.5) is 4.39 Å². The first-order valence-electron chi connectivity index (χ1n) is 5.81. The van der Waals surface area contributed by atoms with Gasteiger partial charge in [-0.25, -0.2) is 4.39 Å². The van der Waals surface area contributed by atoms with E-state index in [2.05, 4.69) is 6.92 Å². The lowest BCUT2D eigenvalue weighted by Gasteiger charge is -2.23. The summed E-state index contributed by atoms with van der Waals surface area (Å²) in [5.74, 6) is -0.250. The minimum Gasteiger partial charge on any atom is -0.377 e. The normalized spacial score (nSPS) is 14.8. The maximum Gasteiger partial charge on any atom is 0.123 e. The highest BCUT2D eigenvalue weighted by Gasteiger charge is 2.19. The van der Waals surface area contributed by atoms with E-state index in [-0.39, 0.29) is 18.0 Å². The summed E-state index contributed by atoms with van der Waals surface area (Å²) in [5, 5.41) is 0. The first-order chi connectivity index (χ1) is 7.69. The lowest BCUT2D eigenvalue weighted by atomic mass is 9.99. The van der Waals surface area contributed by atoms with Crippen LogP contribution >= 0.6 is 0 Å². The van der Waals surface area contributed by atoms with E-state index in [0.29, 0.717) is 6.61 Å². The fraction of sp³-hybridized carbons (Fsp3) is 0.538. The quantitative estimate of drug-likeness (QED) is 0.807. The number of rotatable bonds is 6.